The van der Waals surface area contributed by atoms with Crippen molar-refractivity contribution in [1.29, 1.82) is 0 Å². The first kappa shape index (κ1) is 13.4. The number of fused-ring (bicyclic) bond motifs is 1. The SMILES string of the molecule is CC(=O)Nc1ccc2c(C)cc(C(Br)Br)nc2n1. The normalized spacial score (nSPS) is 10.9. The van der Waals surface area contributed by atoms with Crippen LogP contribution in [-0.4, -0.2) is 15.9 Å². The van der Waals surface area contributed by atoms with Gasteiger partial charge in [-0.2, -0.15) is 0 Å². The largest absolute Gasteiger partial charge is 0.311 e. The molecule has 0 radical (unpaired) electrons. The molecule has 2 aromatic rings. The molecule has 0 aliphatic carbocycles. The Morgan fingerprint density at radius 3 is 2.67 bits per heavy atom. The van der Waals surface area contributed by atoms with Crippen molar-refractivity contribution in [2.75, 3.05) is 5.32 Å². The van der Waals surface area contributed by atoms with Gasteiger partial charge in [0.2, 0.25) is 5.91 Å². The van der Waals surface area contributed by atoms with Gasteiger partial charge in [0.1, 0.15) is 9.55 Å². The molecule has 1 amide bonds. The molecule has 1 N–H and O–H groups in total. The van der Waals surface area contributed by atoms with Crippen LogP contribution in [0.2, 0.25) is 0 Å². The van der Waals surface area contributed by atoms with Crippen molar-refractivity contribution in [3.05, 3.63) is 29.5 Å². The van der Waals surface area contributed by atoms with Crippen LogP contribution in [0, 0.1) is 6.92 Å². The van der Waals surface area contributed by atoms with Crippen molar-refractivity contribution >= 4 is 54.6 Å². The van der Waals surface area contributed by atoms with Crippen LogP contribution in [-0.2, 0) is 4.79 Å². The van der Waals surface area contributed by atoms with E-state index in [0.717, 1.165) is 16.6 Å². The van der Waals surface area contributed by atoms with Gasteiger partial charge in [0.25, 0.3) is 0 Å². The van der Waals surface area contributed by atoms with Gasteiger partial charge in [-0.1, -0.05) is 31.9 Å². The number of carbonyl (C=O) groups excluding carboxylic acids is 1. The molecule has 0 unspecified atom stereocenters. The van der Waals surface area contributed by atoms with Gasteiger partial charge < -0.3 is 5.32 Å². The Morgan fingerprint density at radius 2 is 2.06 bits per heavy atom. The molecule has 0 bridgehead atoms. The molecule has 0 atom stereocenters. The lowest BCUT2D eigenvalue weighted by atomic mass is 10.1. The Kier molecular flexibility index (Phi) is 3.97. The molecule has 0 aliphatic heterocycles. The number of nitrogens with zero attached hydrogens (tertiary/aromatic N) is 2. The lowest BCUT2D eigenvalue weighted by Crippen LogP contribution is -2.07. The average Bonchev–Trinajstić information content (AvgIpc) is 2.27. The number of pyridine rings is 2. The van der Waals surface area contributed by atoms with Crippen molar-refractivity contribution in [2.45, 2.75) is 17.6 Å². The molecular formula is C12H11Br2N3O. The maximum atomic E-state index is 11.0. The van der Waals surface area contributed by atoms with Gasteiger partial charge in [-0.3, -0.25) is 4.79 Å². The molecule has 0 saturated carbocycles. The summed E-state index contributed by atoms with van der Waals surface area (Å²) in [6, 6.07) is 5.69. The van der Waals surface area contributed by atoms with E-state index in [1.165, 1.54) is 6.92 Å². The van der Waals surface area contributed by atoms with Gasteiger partial charge in [0.15, 0.2) is 5.65 Å². The second-order valence-corrected chi connectivity index (χ2v) is 6.97. The van der Waals surface area contributed by atoms with Crippen LogP contribution in [0.15, 0.2) is 18.2 Å². The van der Waals surface area contributed by atoms with Crippen LogP contribution in [0.3, 0.4) is 0 Å². The number of aromatic nitrogens is 2. The lowest BCUT2D eigenvalue weighted by Gasteiger charge is -2.08. The van der Waals surface area contributed by atoms with Crippen LogP contribution in [0.5, 0.6) is 0 Å². The topological polar surface area (TPSA) is 54.9 Å². The van der Waals surface area contributed by atoms with E-state index in [0.29, 0.717) is 11.5 Å². The van der Waals surface area contributed by atoms with Crippen molar-refractivity contribution < 1.29 is 4.79 Å². The highest BCUT2D eigenvalue weighted by atomic mass is 79.9. The first-order valence-electron chi connectivity index (χ1n) is 5.31. The van der Waals surface area contributed by atoms with E-state index in [-0.39, 0.29) is 9.64 Å². The fourth-order valence-electron chi connectivity index (χ4n) is 1.66. The number of carbonyl (C=O) groups is 1. The maximum Gasteiger partial charge on any atom is 0.222 e. The zero-order valence-corrected chi connectivity index (χ0v) is 13.0. The first-order valence-corrected chi connectivity index (χ1v) is 7.14. The fourth-order valence-corrected chi connectivity index (χ4v) is 2.13. The minimum Gasteiger partial charge on any atom is -0.311 e. The monoisotopic (exact) mass is 371 g/mol. The number of halogens is 2. The number of anilines is 1. The zero-order chi connectivity index (χ0) is 13.3. The first-order chi connectivity index (χ1) is 8.47. The molecule has 4 nitrogen and oxygen atoms in total. The molecule has 0 saturated heterocycles. The Morgan fingerprint density at radius 1 is 1.33 bits per heavy atom. The van der Waals surface area contributed by atoms with Gasteiger partial charge in [0.05, 0.1) is 5.69 Å². The summed E-state index contributed by atoms with van der Waals surface area (Å²) >= 11 is 6.84. The molecule has 6 heteroatoms. The summed E-state index contributed by atoms with van der Waals surface area (Å²) in [7, 11) is 0. The number of nitrogens with one attached hydrogen (secondary N) is 1. The summed E-state index contributed by atoms with van der Waals surface area (Å²) in [5.74, 6) is 0.369. The maximum absolute atomic E-state index is 11.0. The third kappa shape index (κ3) is 2.87. The Hall–Kier alpha value is -1.01. The van der Waals surface area contributed by atoms with E-state index in [1.54, 1.807) is 6.07 Å². The molecule has 0 aromatic carbocycles. The minimum atomic E-state index is -0.145. The highest BCUT2D eigenvalue weighted by Crippen LogP contribution is 2.30. The minimum absolute atomic E-state index is 0.0145. The van der Waals surface area contributed by atoms with Crippen LogP contribution in [0.25, 0.3) is 11.0 Å². The van der Waals surface area contributed by atoms with E-state index in [4.69, 9.17) is 0 Å². The third-order valence-corrected chi connectivity index (χ3v) is 3.37. The molecular weight excluding hydrogens is 362 g/mol. The second-order valence-electron chi connectivity index (χ2n) is 3.91. The van der Waals surface area contributed by atoms with Gasteiger partial charge in [-0.15, -0.1) is 0 Å². The van der Waals surface area contributed by atoms with Crippen LogP contribution < -0.4 is 5.32 Å². The van der Waals surface area contributed by atoms with E-state index in [2.05, 4.69) is 47.1 Å². The van der Waals surface area contributed by atoms with E-state index in [1.807, 2.05) is 19.1 Å². The highest BCUT2D eigenvalue weighted by molar-refractivity contribution is 9.24. The number of hydrogen-bond acceptors (Lipinski definition) is 3. The number of alkyl halides is 2. The molecule has 0 aliphatic rings. The average molecular weight is 373 g/mol. The Balaban J connectivity index is 2.56. The standard InChI is InChI=1S/C12H11Br2N3O/c1-6-5-9(11(13)14)16-12-8(6)3-4-10(17-12)15-7(2)18/h3-5,11H,1-2H3,(H,15,16,17,18). The predicted molar refractivity (Wildman–Crippen MR) is 79.2 cm³/mol. The molecule has 18 heavy (non-hydrogen) atoms. The summed E-state index contributed by atoms with van der Waals surface area (Å²) in [6.45, 7) is 3.46. The number of amides is 1. The van der Waals surface area contributed by atoms with Gasteiger partial charge >= 0.3 is 0 Å². The van der Waals surface area contributed by atoms with Crippen LogP contribution >= 0.6 is 31.9 Å². The summed E-state index contributed by atoms with van der Waals surface area (Å²) in [4.78, 5) is 19.8. The van der Waals surface area contributed by atoms with Gasteiger partial charge in [-0.25, -0.2) is 9.97 Å². The van der Waals surface area contributed by atoms with Crippen molar-refractivity contribution in [3.8, 4) is 0 Å². The molecule has 2 rings (SSSR count). The number of aryl methyl sites for hydroxylation is 1. The van der Waals surface area contributed by atoms with Gasteiger partial charge in [0, 0.05) is 12.3 Å². The number of rotatable bonds is 2. The van der Waals surface area contributed by atoms with Crippen molar-refractivity contribution in [1.82, 2.24) is 9.97 Å². The Bertz CT molecular complexity index is 614. The second kappa shape index (κ2) is 5.32. The molecule has 0 spiro atoms. The Labute approximate surface area is 121 Å². The summed E-state index contributed by atoms with van der Waals surface area (Å²) in [5.41, 5.74) is 2.58. The number of hydrogen-bond donors (Lipinski definition) is 1. The predicted octanol–water partition coefficient (Wildman–Crippen LogP) is 3.69. The van der Waals surface area contributed by atoms with Crippen molar-refractivity contribution in [3.63, 3.8) is 0 Å². The quantitative estimate of drug-likeness (QED) is 0.818. The summed E-state index contributed by atoms with van der Waals surface area (Å²) < 4.78 is -0.0145. The lowest BCUT2D eigenvalue weighted by molar-refractivity contribution is -0.114. The van der Waals surface area contributed by atoms with E-state index in [9.17, 15) is 4.79 Å². The zero-order valence-electron chi connectivity index (χ0n) is 9.87. The van der Waals surface area contributed by atoms with Crippen molar-refractivity contribution in [2.24, 2.45) is 0 Å². The molecule has 94 valence electrons. The van der Waals surface area contributed by atoms with Gasteiger partial charge in [-0.05, 0) is 30.7 Å². The van der Waals surface area contributed by atoms with Crippen LogP contribution in [0.4, 0.5) is 5.82 Å². The molecule has 2 heterocycles. The highest BCUT2D eigenvalue weighted by Gasteiger charge is 2.09. The molecule has 2 aromatic heterocycles. The summed E-state index contributed by atoms with van der Waals surface area (Å²) in [5, 5.41) is 3.63. The van der Waals surface area contributed by atoms with E-state index < -0.39 is 0 Å². The third-order valence-electron chi connectivity index (χ3n) is 2.43. The smallest absolute Gasteiger partial charge is 0.222 e. The van der Waals surface area contributed by atoms with Crippen LogP contribution in [0.1, 0.15) is 21.9 Å². The van der Waals surface area contributed by atoms with E-state index >= 15 is 0 Å². The fraction of sp³-hybridized carbons (Fsp3) is 0.250. The summed E-state index contributed by atoms with van der Waals surface area (Å²) in [6.07, 6.45) is 0. The molecule has 0 fully saturated rings.